The van der Waals surface area contributed by atoms with Crippen LogP contribution in [0.3, 0.4) is 0 Å². The van der Waals surface area contributed by atoms with Crippen molar-refractivity contribution in [2.75, 3.05) is 10.6 Å². The quantitative estimate of drug-likeness (QED) is 0.686. The second-order valence-electron chi connectivity index (χ2n) is 6.90. The van der Waals surface area contributed by atoms with Crippen molar-refractivity contribution in [2.45, 2.75) is 34.6 Å². The maximum Gasteiger partial charge on any atom is 0.258 e. The van der Waals surface area contributed by atoms with Gasteiger partial charge < -0.3 is 10.6 Å². The van der Waals surface area contributed by atoms with Crippen LogP contribution in [0.1, 0.15) is 38.2 Å². The molecule has 0 atom stereocenters. The first kappa shape index (κ1) is 18.6. The van der Waals surface area contributed by atoms with Gasteiger partial charge in [-0.3, -0.25) is 4.79 Å². The van der Waals surface area contributed by atoms with E-state index in [0.717, 1.165) is 33.6 Å². The average Bonchev–Trinajstić information content (AvgIpc) is 2.62. The minimum Gasteiger partial charge on any atom is -0.324 e. The zero-order valence-corrected chi connectivity index (χ0v) is 16.3. The van der Waals surface area contributed by atoms with Gasteiger partial charge in [-0.25, -0.2) is 9.97 Å². The highest BCUT2D eigenvalue weighted by Gasteiger charge is 2.11. The van der Waals surface area contributed by atoms with Crippen molar-refractivity contribution in [3.63, 3.8) is 0 Å². The summed E-state index contributed by atoms with van der Waals surface area (Å²) in [6.07, 6.45) is 3.07. The van der Waals surface area contributed by atoms with Gasteiger partial charge in [-0.1, -0.05) is 29.8 Å². The molecule has 1 aromatic heterocycles. The van der Waals surface area contributed by atoms with Gasteiger partial charge in [0.15, 0.2) is 0 Å². The van der Waals surface area contributed by atoms with Crippen molar-refractivity contribution < 1.29 is 4.79 Å². The molecule has 0 fully saturated rings. The maximum atomic E-state index is 12.5. The van der Waals surface area contributed by atoms with Gasteiger partial charge in [-0.2, -0.15) is 0 Å². The van der Waals surface area contributed by atoms with Gasteiger partial charge in [-0.15, -0.1) is 0 Å². The molecule has 0 saturated carbocycles. The van der Waals surface area contributed by atoms with Crippen LogP contribution in [0.5, 0.6) is 0 Å². The van der Waals surface area contributed by atoms with Gasteiger partial charge in [0, 0.05) is 23.8 Å². The summed E-state index contributed by atoms with van der Waals surface area (Å²) in [7, 11) is 0. The SMILES string of the molecule is Cc1cc(C)c(Nc2ncc(C(=O)Nc3cccc(C)c3C)cn2)c(C)c1. The van der Waals surface area contributed by atoms with E-state index >= 15 is 0 Å². The molecule has 0 saturated heterocycles. The maximum absolute atomic E-state index is 12.5. The molecule has 0 unspecified atom stereocenters. The lowest BCUT2D eigenvalue weighted by atomic mass is 10.1. The molecule has 0 bridgehead atoms. The fourth-order valence-corrected chi connectivity index (χ4v) is 3.08. The second-order valence-corrected chi connectivity index (χ2v) is 6.90. The normalized spacial score (nSPS) is 10.6. The van der Waals surface area contributed by atoms with E-state index in [4.69, 9.17) is 0 Å². The predicted molar refractivity (Wildman–Crippen MR) is 110 cm³/mol. The number of benzene rings is 2. The van der Waals surface area contributed by atoms with Crippen molar-refractivity contribution in [3.05, 3.63) is 76.1 Å². The van der Waals surface area contributed by atoms with Crippen LogP contribution in [0, 0.1) is 34.6 Å². The Morgan fingerprint density at radius 3 is 2.15 bits per heavy atom. The topological polar surface area (TPSA) is 66.9 Å². The highest BCUT2D eigenvalue weighted by molar-refractivity contribution is 6.04. The molecular weight excluding hydrogens is 336 g/mol. The zero-order chi connectivity index (χ0) is 19.6. The molecule has 5 nitrogen and oxygen atoms in total. The Labute approximate surface area is 159 Å². The molecule has 3 aromatic rings. The largest absolute Gasteiger partial charge is 0.324 e. The lowest BCUT2D eigenvalue weighted by Gasteiger charge is -2.13. The standard InChI is InChI=1S/C22H24N4O/c1-13-9-15(3)20(16(4)10-13)26-22-23-11-18(12-24-22)21(27)25-19-8-6-7-14(2)17(19)5/h6-12H,1-5H3,(H,25,27)(H,23,24,26). The first-order chi connectivity index (χ1) is 12.8. The molecule has 0 aliphatic heterocycles. The lowest BCUT2D eigenvalue weighted by molar-refractivity contribution is 0.102. The summed E-state index contributed by atoms with van der Waals surface area (Å²) in [4.78, 5) is 21.1. The van der Waals surface area contributed by atoms with Crippen molar-refractivity contribution in [3.8, 4) is 0 Å². The first-order valence-electron chi connectivity index (χ1n) is 8.89. The molecule has 3 rings (SSSR count). The minimum atomic E-state index is -0.224. The highest BCUT2D eigenvalue weighted by atomic mass is 16.1. The summed E-state index contributed by atoms with van der Waals surface area (Å²) < 4.78 is 0. The molecule has 27 heavy (non-hydrogen) atoms. The number of nitrogens with zero attached hydrogens (tertiary/aromatic N) is 2. The third kappa shape index (κ3) is 4.14. The summed E-state index contributed by atoms with van der Waals surface area (Å²) in [5.41, 5.74) is 7.87. The molecule has 0 aliphatic carbocycles. The van der Waals surface area contributed by atoms with E-state index in [0.29, 0.717) is 11.5 Å². The fourth-order valence-electron chi connectivity index (χ4n) is 3.08. The van der Waals surface area contributed by atoms with Crippen molar-refractivity contribution in [2.24, 2.45) is 0 Å². The van der Waals surface area contributed by atoms with Crippen LogP contribution in [0.25, 0.3) is 0 Å². The van der Waals surface area contributed by atoms with E-state index < -0.39 is 0 Å². The van der Waals surface area contributed by atoms with E-state index in [2.05, 4.69) is 39.7 Å². The first-order valence-corrected chi connectivity index (χ1v) is 8.89. The molecule has 138 valence electrons. The Bertz CT molecular complexity index is 971. The average molecular weight is 360 g/mol. The van der Waals surface area contributed by atoms with Gasteiger partial charge >= 0.3 is 0 Å². The summed E-state index contributed by atoms with van der Waals surface area (Å²) in [6.45, 7) is 10.2. The van der Waals surface area contributed by atoms with E-state index in [9.17, 15) is 4.79 Å². The van der Waals surface area contributed by atoms with E-state index in [1.165, 1.54) is 18.0 Å². The second kappa shape index (κ2) is 7.58. The number of nitrogens with one attached hydrogen (secondary N) is 2. The third-order valence-corrected chi connectivity index (χ3v) is 4.68. The molecule has 0 aliphatic rings. The Balaban J connectivity index is 1.75. The van der Waals surface area contributed by atoms with Crippen LogP contribution < -0.4 is 10.6 Å². The molecule has 5 heteroatoms. The van der Waals surface area contributed by atoms with E-state index in [1.54, 1.807) is 0 Å². The zero-order valence-electron chi connectivity index (χ0n) is 16.3. The number of carbonyl (C=O) groups is 1. The molecule has 2 N–H and O–H groups in total. The van der Waals surface area contributed by atoms with Crippen molar-refractivity contribution in [1.29, 1.82) is 0 Å². The number of aryl methyl sites for hydroxylation is 4. The Morgan fingerprint density at radius 1 is 0.889 bits per heavy atom. The van der Waals surface area contributed by atoms with Crippen molar-refractivity contribution in [1.82, 2.24) is 9.97 Å². The Hall–Kier alpha value is -3.21. The summed E-state index contributed by atoms with van der Waals surface area (Å²) >= 11 is 0. The summed E-state index contributed by atoms with van der Waals surface area (Å²) in [6, 6.07) is 10.1. The number of carbonyl (C=O) groups excluding carboxylic acids is 1. The van der Waals surface area contributed by atoms with Crippen LogP contribution in [0.2, 0.25) is 0 Å². The van der Waals surface area contributed by atoms with Crippen LogP contribution in [-0.4, -0.2) is 15.9 Å². The minimum absolute atomic E-state index is 0.224. The van der Waals surface area contributed by atoms with Crippen molar-refractivity contribution >= 4 is 23.2 Å². The van der Waals surface area contributed by atoms with Crippen LogP contribution in [0.15, 0.2) is 42.7 Å². The Kier molecular flexibility index (Phi) is 5.21. The molecule has 1 amide bonds. The number of amides is 1. The smallest absolute Gasteiger partial charge is 0.258 e. The molecule has 0 spiro atoms. The molecule has 1 heterocycles. The third-order valence-electron chi connectivity index (χ3n) is 4.68. The highest BCUT2D eigenvalue weighted by Crippen LogP contribution is 2.24. The molecule has 0 radical (unpaired) electrons. The predicted octanol–water partition coefficient (Wildman–Crippen LogP) is 5.01. The van der Waals surface area contributed by atoms with Gasteiger partial charge in [0.2, 0.25) is 5.95 Å². The van der Waals surface area contributed by atoms with E-state index in [1.807, 2.05) is 45.9 Å². The van der Waals surface area contributed by atoms with Gasteiger partial charge in [0.25, 0.3) is 5.91 Å². The lowest BCUT2D eigenvalue weighted by Crippen LogP contribution is -2.14. The number of anilines is 3. The number of hydrogen-bond donors (Lipinski definition) is 2. The number of aromatic nitrogens is 2. The fraction of sp³-hybridized carbons (Fsp3) is 0.227. The molecule has 2 aromatic carbocycles. The Morgan fingerprint density at radius 2 is 1.52 bits per heavy atom. The van der Waals surface area contributed by atoms with Gasteiger partial charge in [-0.05, 0) is 62.9 Å². The molecular formula is C22H24N4O. The van der Waals surface area contributed by atoms with Crippen LogP contribution in [-0.2, 0) is 0 Å². The summed E-state index contributed by atoms with van der Waals surface area (Å²) in [5, 5.41) is 6.17. The van der Waals surface area contributed by atoms with Crippen LogP contribution >= 0.6 is 0 Å². The summed E-state index contributed by atoms with van der Waals surface area (Å²) in [5.74, 6) is 0.242. The monoisotopic (exact) mass is 360 g/mol. The van der Waals surface area contributed by atoms with Gasteiger partial charge in [0.05, 0.1) is 5.56 Å². The number of rotatable bonds is 4. The number of hydrogen-bond acceptors (Lipinski definition) is 4. The van der Waals surface area contributed by atoms with E-state index in [-0.39, 0.29) is 5.91 Å². The van der Waals surface area contributed by atoms with Gasteiger partial charge in [0.1, 0.15) is 0 Å². The van der Waals surface area contributed by atoms with Crippen LogP contribution in [0.4, 0.5) is 17.3 Å².